The van der Waals surface area contributed by atoms with Crippen molar-refractivity contribution in [3.8, 4) is 5.75 Å². The molecular formula is C20H17ClO3S. The molecule has 0 N–H and O–H groups in total. The predicted molar refractivity (Wildman–Crippen MR) is 104 cm³/mol. The molecule has 0 amide bonds. The minimum absolute atomic E-state index is 0.329. The smallest absolute Gasteiger partial charge is 0.330 e. The molecule has 0 aliphatic rings. The Bertz CT molecular complexity index is 897. The highest BCUT2D eigenvalue weighted by Crippen LogP contribution is 2.35. The van der Waals surface area contributed by atoms with Gasteiger partial charge in [-0.15, -0.1) is 11.3 Å². The van der Waals surface area contributed by atoms with Gasteiger partial charge in [0.15, 0.2) is 0 Å². The van der Waals surface area contributed by atoms with Gasteiger partial charge in [-0.05, 0) is 29.8 Å². The lowest BCUT2D eigenvalue weighted by Gasteiger charge is -2.04. The second kappa shape index (κ2) is 8.19. The molecule has 0 atom stereocenters. The van der Waals surface area contributed by atoms with Crippen LogP contribution in [0.3, 0.4) is 0 Å². The molecule has 0 aliphatic heterocycles. The maximum atomic E-state index is 11.9. The van der Waals surface area contributed by atoms with Crippen LogP contribution >= 0.6 is 22.9 Å². The Balaban J connectivity index is 1.54. The fraction of sp³-hybridized carbons (Fsp3) is 0.150. The average molecular weight is 373 g/mol. The van der Waals surface area contributed by atoms with Gasteiger partial charge >= 0.3 is 5.97 Å². The summed E-state index contributed by atoms with van der Waals surface area (Å²) >= 11 is 7.90. The Morgan fingerprint density at radius 3 is 2.64 bits per heavy atom. The molecule has 0 bridgehead atoms. The van der Waals surface area contributed by atoms with E-state index < -0.39 is 0 Å². The van der Waals surface area contributed by atoms with Crippen LogP contribution in [0, 0.1) is 0 Å². The SMILES string of the molecule is COc1ccc(CCOC(=O)/C=C/c2sc3ccccc3c2Cl)cc1. The maximum absolute atomic E-state index is 11.9. The Morgan fingerprint density at radius 1 is 1.16 bits per heavy atom. The zero-order valence-electron chi connectivity index (χ0n) is 13.7. The highest BCUT2D eigenvalue weighted by Gasteiger charge is 2.08. The van der Waals surface area contributed by atoms with Crippen LogP contribution in [0.5, 0.6) is 5.75 Å². The Hall–Kier alpha value is -2.30. The Labute approximate surface area is 155 Å². The zero-order valence-corrected chi connectivity index (χ0v) is 15.3. The number of hydrogen-bond donors (Lipinski definition) is 0. The van der Waals surface area contributed by atoms with Crippen molar-refractivity contribution in [3.63, 3.8) is 0 Å². The first-order chi connectivity index (χ1) is 12.2. The molecule has 1 aromatic heterocycles. The van der Waals surface area contributed by atoms with E-state index in [9.17, 15) is 4.79 Å². The highest BCUT2D eigenvalue weighted by atomic mass is 35.5. The fourth-order valence-corrected chi connectivity index (χ4v) is 3.79. The monoisotopic (exact) mass is 372 g/mol. The van der Waals surface area contributed by atoms with Crippen LogP contribution in [0.25, 0.3) is 16.2 Å². The quantitative estimate of drug-likeness (QED) is 0.431. The van der Waals surface area contributed by atoms with Gasteiger partial charge in [-0.25, -0.2) is 4.79 Å². The molecule has 0 unspecified atom stereocenters. The summed E-state index contributed by atoms with van der Waals surface area (Å²) in [5, 5.41) is 1.67. The van der Waals surface area contributed by atoms with Crippen molar-refractivity contribution in [1.29, 1.82) is 0 Å². The van der Waals surface area contributed by atoms with Gasteiger partial charge in [-0.1, -0.05) is 41.9 Å². The highest BCUT2D eigenvalue weighted by molar-refractivity contribution is 7.20. The van der Waals surface area contributed by atoms with Gasteiger partial charge in [-0.2, -0.15) is 0 Å². The summed E-state index contributed by atoms with van der Waals surface area (Å²) in [6.07, 6.45) is 3.79. The molecule has 3 aromatic rings. The van der Waals surface area contributed by atoms with Gasteiger partial charge < -0.3 is 9.47 Å². The first kappa shape index (κ1) is 17.5. The van der Waals surface area contributed by atoms with E-state index in [1.807, 2.05) is 48.5 Å². The molecule has 1 heterocycles. The van der Waals surface area contributed by atoms with Crippen molar-refractivity contribution in [2.75, 3.05) is 13.7 Å². The zero-order chi connectivity index (χ0) is 17.6. The third-order valence-corrected chi connectivity index (χ3v) is 5.38. The first-order valence-corrected chi connectivity index (χ1v) is 9.01. The van der Waals surface area contributed by atoms with Gasteiger partial charge in [0.05, 0.1) is 18.7 Å². The van der Waals surface area contributed by atoms with Crippen molar-refractivity contribution < 1.29 is 14.3 Å². The van der Waals surface area contributed by atoms with E-state index in [-0.39, 0.29) is 5.97 Å². The Kier molecular flexibility index (Phi) is 5.74. The van der Waals surface area contributed by atoms with Crippen molar-refractivity contribution in [3.05, 3.63) is 70.1 Å². The van der Waals surface area contributed by atoms with Gasteiger partial charge in [-0.3, -0.25) is 0 Å². The lowest BCUT2D eigenvalue weighted by molar-refractivity contribution is -0.137. The molecule has 0 aliphatic carbocycles. The van der Waals surface area contributed by atoms with Crippen LogP contribution in [0.2, 0.25) is 5.02 Å². The number of esters is 1. The topological polar surface area (TPSA) is 35.5 Å². The van der Waals surface area contributed by atoms with Gasteiger partial charge in [0.2, 0.25) is 0 Å². The van der Waals surface area contributed by atoms with E-state index in [2.05, 4.69) is 0 Å². The minimum atomic E-state index is -0.373. The van der Waals surface area contributed by atoms with Crippen LogP contribution in [-0.4, -0.2) is 19.7 Å². The minimum Gasteiger partial charge on any atom is -0.497 e. The number of halogens is 1. The van der Waals surface area contributed by atoms with Crippen LogP contribution in [0.4, 0.5) is 0 Å². The third kappa shape index (κ3) is 4.41. The average Bonchev–Trinajstić information content (AvgIpc) is 2.97. The lowest BCUT2D eigenvalue weighted by Crippen LogP contribution is -2.04. The summed E-state index contributed by atoms with van der Waals surface area (Å²) in [6.45, 7) is 0.329. The van der Waals surface area contributed by atoms with E-state index >= 15 is 0 Å². The number of rotatable bonds is 6. The molecule has 5 heteroatoms. The van der Waals surface area contributed by atoms with Crippen molar-refractivity contribution in [1.82, 2.24) is 0 Å². The molecule has 25 heavy (non-hydrogen) atoms. The van der Waals surface area contributed by atoms with Gasteiger partial charge in [0, 0.05) is 27.5 Å². The molecule has 0 saturated carbocycles. The van der Waals surface area contributed by atoms with E-state index in [1.54, 1.807) is 24.5 Å². The number of methoxy groups -OCH3 is 1. The van der Waals surface area contributed by atoms with Crippen LogP contribution in [0.15, 0.2) is 54.6 Å². The number of thiophene rings is 1. The van der Waals surface area contributed by atoms with Crippen LogP contribution < -0.4 is 4.74 Å². The molecule has 3 nitrogen and oxygen atoms in total. The van der Waals surface area contributed by atoms with Crippen LogP contribution in [0.1, 0.15) is 10.4 Å². The molecule has 2 aromatic carbocycles. The first-order valence-electron chi connectivity index (χ1n) is 7.82. The summed E-state index contributed by atoms with van der Waals surface area (Å²) < 4.78 is 11.5. The molecule has 0 saturated heterocycles. The summed E-state index contributed by atoms with van der Waals surface area (Å²) in [5.41, 5.74) is 1.09. The normalized spacial score (nSPS) is 11.1. The summed E-state index contributed by atoms with van der Waals surface area (Å²) in [6, 6.07) is 15.6. The lowest BCUT2D eigenvalue weighted by atomic mass is 10.1. The number of carbonyl (C=O) groups is 1. The fourth-order valence-electron chi connectivity index (χ4n) is 2.39. The standard InChI is InChI=1S/C20H17ClO3S/c1-23-15-8-6-14(7-9-15)12-13-24-19(22)11-10-18-20(21)16-4-2-3-5-17(16)25-18/h2-11H,12-13H2,1H3/b11-10+. The molecule has 3 rings (SSSR count). The van der Waals surface area contributed by atoms with Crippen LogP contribution in [-0.2, 0) is 16.0 Å². The van der Waals surface area contributed by atoms with Gasteiger partial charge in [0.25, 0.3) is 0 Å². The number of ether oxygens (including phenoxy) is 2. The molecule has 0 spiro atoms. The number of carbonyl (C=O) groups excluding carboxylic acids is 1. The summed E-state index contributed by atoms with van der Waals surface area (Å²) in [7, 11) is 1.63. The molecule has 128 valence electrons. The number of hydrogen-bond acceptors (Lipinski definition) is 4. The van der Waals surface area contributed by atoms with E-state index in [0.29, 0.717) is 18.1 Å². The second-order valence-electron chi connectivity index (χ2n) is 5.38. The van der Waals surface area contributed by atoms with E-state index in [1.165, 1.54) is 6.08 Å². The number of fused-ring (bicyclic) bond motifs is 1. The van der Waals surface area contributed by atoms with Crippen molar-refractivity contribution >= 4 is 45.1 Å². The Morgan fingerprint density at radius 2 is 1.92 bits per heavy atom. The van der Waals surface area contributed by atoms with Crippen molar-refractivity contribution in [2.24, 2.45) is 0 Å². The molecule has 0 fully saturated rings. The summed E-state index contributed by atoms with van der Waals surface area (Å²) in [4.78, 5) is 12.7. The molecular weight excluding hydrogens is 356 g/mol. The second-order valence-corrected chi connectivity index (χ2v) is 6.84. The summed E-state index contributed by atoms with van der Waals surface area (Å²) in [5.74, 6) is 0.436. The largest absolute Gasteiger partial charge is 0.497 e. The number of benzene rings is 2. The van der Waals surface area contributed by atoms with E-state index in [0.717, 1.165) is 26.3 Å². The maximum Gasteiger partial charge on any atom is 0.330 e. The third-order valence-electron chi connectivity index (χ3n) is 3.72. The molecule has 0 radical (unpaired) electrons. The predicted octanol–water partition coefficient (Wildman–Crippen LogP) is 5.36. The van der Waals surface area contributed by atoms with Crippen molar-refractivity contribution in [2.45, 2.75) is 6.42 Å². The van der Waals surface area contributed by atoms with E-state index in [4.69, 9.17) is 21.1 Å². The van der Waals surface area contributed by atoms with Gasteiger partial charge in [0.1, 0.15) is 5.75 Å².